The summed E-state index contributed by atoms with van der Waals surface area (Å²) in [6.07, 6.45) is 4.44. The normalized spacial score (nSPS) is 13.7. The number of hydrogen-bond donors (Lipinski definition) is 2. The Bertz CT molecular complexity index is 579. The topological polar surface area (TPSA) is 92.5 Å². The van der Waals surface area contributed by atoms with Crippen LogP contribution in [0.25, 0.3) is 0 Å². The van der Waals surface area contributed by atoms with Crippen molar-refractivity contribution in [2.75, 3.05) is 17.6 Å². The van der Waals surface area contributed by atoms with Gasteiger partial charge in [0.2, 0.25) is 11.8 Å². The molecule has 25 heavy (non-hydrogen) atoms. The van der Waals surface area contributed by atoms with E-state index in [-0.39, 0.29) is 41.8 Å². The lowest BCUT2D eigenvalue weighted by Gasteiger charge is -2.13. The van der Waals surface area contributed by atoms with Crippen LogP contribution >= 0.6 is 24.2 Å². The second kappa shape index (κ2) is 11.1. The predicted molar refractivity (Wildman–Crippen MR) is 103 cm³/mol. The van der Waals surface area contributed by atoms with Crippen LogP contribution in [0, 0.1) is 0 Å². The lowest BCUT2D eigenvalue weighted by molar-refractivity contribution is -0.125. The van der Waals surface area contributed by atoms with Gasteiger partial charge in [-0.2, -0.15) is 0 Å². The van der Waals surface area contributed by atoms with E-state index in [1.54, 1.807) is 12.1 Å². The molecular formula is C17H24ClN3O3S. The summed E-state index contributed by atoms with van der Waals surface area (Å²) >= 11 is 1.03. The molecule has 1 aromatic carbocycles. The average Bonchev–Trinajstić information content (AvgIpc) is 2.88. The lowest BCUT2D eigenvalue weighted by atomic mass is 10.1. The highest BCUT2D eigenvalue weighted by atomic mass is 35.5. The standard InChI is InChI=1S/C17H23N3O3S.ClH/c18-10-4-2-1-3-5-15(21)19-14-8-6-13(7-9-14)11-20-16(22)12-24-17(20)23;/h6-9H,1-5,10-12,18H2,(H,19,21);1H. The molecule has 0 radical (unpaired) electrons. The highest BCUT2D eigenvalue weighted by Gasteiger charge is 2.29. The zero-order valence-corrected chi connectivity index (χ0v) is 15.7. The highest BCUT2D eigenvalue weighted by Crippen LogP contribution is 2.21. The van der Waals surface area contributed by atoms with Crippen LogP contribution in [-0.2, 0) is 16.1 Å². The Labute approximate surface area is 158 Å². The number of amides is 3. The van der Waals surface area contributed by atoms with E-state index in [2.05, 4.69) is 5.32 Å². The van der Waals surface area contributed by atoms with E-state index in [0.29, 0.717) is 13.0 Å². The fourth-order valence-corrected chi connectivity index (χ4v) is 3.14. The van der Waals surface area contributed by atoms with Gasteiger partial charge in [-0.1, -0.05) is 36.7 Å². The third-order valence-corrected chi connectivity index (χ3v) is 4.64. The van der Waals surface area contributed by atoms with Crippen molar-refractivity contribution in [2.45, 2.75) is 38.6 Å². The summed E-state index contributed by atoms with van der Waals surface area (Å²) < 4.78 is 0. The van der Waals surface area contributed by atoms with Gasteiger partial charge in [0.25, 0.3) is 5.24 Å². The molecule has 0 spiro atoms. The molecule has 1 aromatic rings. The van der Waals surface area contributed by atoms with Gasteiger partial charge in [0, 0.05) is 12.1 Å². The predicted octanol–water partition coefficient (Wildman–Crippen LogP) is 3.15. The number of nitrogens with zero attached hydrogens (tertiary/aromatic N) is 1. The van der Waals surface area contributed by atoms with Gasteiger partial charge in [0.05, 0.1) is 12.3 Å². The summed E-state index contributed by atoms with van der Waals surface area (Å²) in [5.74, 6) is 0.0620. The van der Waals surface area contributed by atoms with Crippen LogP contribution in [0.1, 0.15) is 37.7 Å². The Morgan fingerprint density at radius 1 is 1.12 bits per heavy atom. The average molecular weight is 386 g/mol. The molecule has 1 fully saturated rings. The van der Waals surface area contributed by atoms with Crippen LogP contribution in [0.5, 0.6) is 0 Å². The van der Waals surface area contributed by atoms with Crippen molar-refractivity contribution >= 4 is 46.9 Å². The zero-order valence-electron chi connectivity index (χ0n) is 14.0. The van der Waals surface area contributed by atoms with Crippen LogP contribution in [0.15, 0.2) is 24.3 Å². The number of benzene rings is 1. The van der Waals surface area contributed by atoms with Crippen LogP contribution < -0.4 is 11.1 Å². The number of carbonyl (C=O) groups excluding carboxylic acids is 3. The quantitative estimate of drug-likeness (QED) is 0.637. The summed E-state index contributed by atoms with van der Waals surface area (Å²) in [7, 11) is 0. The minimum atomic E-state index is -0.202. The third-order valence-electron chi connectivity index (χ3n) is 3.78. The SMILES string of the molecule is Cl.NCCCCCCC(=O)Nc1ccc(CN2C(=O)CSC2=O)cc1. The lowest BCUT2D eigenvalue weighted by Crippen LogP contribution is -2.27. The number of nitrogens with one attached hydrogen (secondary N) is 1. The number of imide groups is 1. The van der Waals surface area contributed by atoms with Gasteiger partial charge < -0.3 is 11.1 Å². The Balaban J connectivity index is 0.00000312. The van der Waals surface area contributed by atoms with Crippen molar-refractivity contribution in [3.63, 3.8) is 0 Å². The maximum Gasteiger partial charge on any atom is 0.289 e. The molecule has 0 unspecified atom stereocenters. The molecule has 1 saturated heterocycles. The molecule has 0 aromatic heterocycles. The highest BCUT2D eigenvalue weighted by molar-refractivity contribution is 8.14. The first kappa shape index (κ1) is 21.5. The van der Waals surface area contributed by atoms with Crippen molar-refractivity contribution in [2.24, 2.45) is 5.73 Å². The second-order valence-corrected chi connectivity index (χ2v) is 6.66. The van der Waals surface area contributed by atoms with E-state index in [1.165, 1.54) is 4.90 Å². The van der Waals surface area contributed by atoms with Gasteiger partial charge in [0.15, 0.2) is 0 Å². The molecule has 0 atom stereocenters. The van der Waals surface area contributed by atoms with E-state index in [1.807, 2.05) is 12.1 Å². The van der Waals surface area contributed by atoms with Crippen molar-refractivity contribution in [3.8, 4) is 0 Å². The van der Waals surface area contributed by atoms with E-state index in [0.717, 1.165) is 48.7 Å². The number of hydrogen-bond acceptors (Lipinski definition) is 5. The first-order chi connectivity index (χ1) is 11.6. The van der Waals surface area contributed by atoms with Crippen LogP contribution in [-0.4, -0.2) is 34.3 Å². The number of unbranched alkanes of at least 4 members (excludes halogenated alkanes) is 3. The second-order valence-electron chi connectivity index (χ2n) is 5.73. The van der Waals surface area contributed by atoms with Gasteiger partial charge in [0.1, 0.15) is 0 Å². The number of halogens is 1. The molecule has 1 aliphatic heterocycles. The number of anilines is 1. The molecule has 3 N–H and O–H groups in total. The third kappa shape index (κ3) is 7.05. The van der Waals surface area contributed by atoms with Gasteiger partial charge >= 0.3 is 0 Å². The number of thioether (sulfide) groups is 1. The molecule has 1 aliphatic rings. The first-order valence-electron chi connectivity index (χ1n) is 8.16. The summed E-state index contributed by atoms with van der Waals surface area (Å²) in [6.45, 7) is 0.978. The fourth-order valence-electron chi connectivity index (χ4n) is 2.42. The molecule has 8 heteroatoms. The van der Waals surface area contributed by atoms with E-state index in [4.69, 9.17) is 5.73 Å². The van der Waals surface area contributed by atoms with Crippen molar-refractivity contribution < 1.29 is 14.4 Å². The molecule has 0 saturated carbocycles. The van der Waals surface area contributed by atoms with Crippen molar-refractivity contribution in [1.82, 2.24) is 4.90 Å². The van der Waals surface area contributed by atoms with E-state index < -0.39 is 0 Å². The Morgan fingerprint density at radius 2 is 1.80 bits per heavy atom. The minimum absolute atomic E-state index is 0. The monoisotopic (exact) mass is 385 g/mol. The van der Waals surface area contributed by atoms with E-state index >= 15 is 0 Å². The molecule has 0 aliphatic carbocycles. The Morgan fingerprint density at radius 3 is 2.40 bits per heavy atom. The maximum absolute atomic E-state index is 11.9. The van der Waals surface area contributed by atoms with Crippen LogP contribution in [0.4, 0.5) is 10.5 Å². The van der Waals surface area contributed by atoms with Gasteiger partial charge in [-0.25, -0.2) is 0 Å². The molecular weight excluding hydrogens is 362 g/mol. The minimum Gasteiger partial charge on any atom is -0.330 e. The van der Waals surface area contributed by atoms with E-state index in [9.17, 15) is 14.4 Å². The fraction of sp³-hybridized carbons (Fsp3) is 0.471. The van der Waals surface area contributed by atoms with Crippen LogP contribution in [0.2, 0.25) is 0 Å². The van der Waals surface area contributed by atoms with Crippen molar-refractivity contribution in [3.05, 3.63) is 29.8 Å². The molecule has 3 amide bonds. The zero-order chi connectivity index (χ0) is 17.4. The number of nitrogens with two attached hydrogens (primary N) is 1. The summed E-state index contributed by atoms with van der Waals surface area (Å²) in [6, 6.07) is 7.22. The maximum atomic E-state index is 11.9. The molecule has 0 bridgehead atoms. The summed E-state index contributed by atoms with van der Waals surface area (Å²) in [5.41, 5.74) is 7.01. The summed E-state index contributed by atoms with van der Waals surface area (Å²) in [5, 5.41) is 2.65. The number of rotatable bonds is 9. The first-order valence-corrected chi connectivity index (χ1v) is 9.14. The smallest absolute Gasteiger partial charge is 0.289 e. The summed E-state index contributed by atoms with van der Waals surface area (Å²) in [4.78, 5) is 36.3. The number of carbonyl (C=O) groups is 3. The van der Waals surface area contributed by atoms with Gasteiger partial charge in [-0.3, -0.25) is 19.3 Å². The molecule has 138 valence electrons. The molecule has 2 rings (SSSR count). The largest absolute Gasteiger partial charge is 0.330 e. The van der Waals surface area contributed by atoms with Gasteiger partial charge in [-0.05, 0) is 37.1 Å². The van der Waals surface area contributed by atoms with Crippen LogP contribution in [0.3, 0.4) is 0 Å². The Hall–Kier alpha value is -1.57. The molecule has 1 heterocycles. The van der Waals surface area contributed by atoms with Crippen molar-refractivity contribution in [1.29, 1.82) is 0 Å². The Kier molecular flexibility index (Phi) is 9.55. The molecule has 6 nitrogen and oxygen atoms in total. The van der Waals surface area contributed by atoms with Gasteiger partial charge in [-0.15, -0.1) is 12.4 Å².